The van der Waals surface area contributed by atoms with Crippen LogP contribution in [0, 0.1) is 0 Å². The molecule has 75 heavy (non-hydrogen) atoms. The molecule has 13 aromatic rings. The van der Waals surface area contributed by atoms with Crippen LogP contribution in [-0.4, -0.2) is 35.7 Å². The van der Waals surface area contributed by atoms with Crippen LogP contribution in [0.2, 0.25) is 0 Å². The molecule has 13 rings (SSSR count). The Morgan fingerprint density at radius 1 is 0.227 bits per heavy atom. The predicted octanol–water partition coefficient (Wildman–Crippen LogP) is 10.7. The first-order valence-corrected chi connectivity index (χ1v) is 29.6. The Labute approximate surface area is 439 Å². The van der Waals surface area contributed by atoms with E-state index in [0.717, 1.165) is 32.9 Å². The highest BCUT2D eigenvalue weighted by Gasteiger charge is 2.43. The van der Waals surface area contributed by atoms with E-state index in [0.29, 0.717) is 17.6 Å². The van der Waals surface area contributed by atoms with E-state index in [1.807, 2.05) is 0 Å². The first-order chi connectivity index (χ1) is 37.2. The highest BCUT2D eigenvalue weighted by atomic mass is 28.3. The highest BCUT2D eigenvalue weighted by Crippen LogP contribution is 2.32. The number of para-hydroxylation sites is 2. The average Bonchev–Trinajstić information content (AvgIpc) is 3.86. The molecule has 4 nitrogen and oxygen atoms in total. The van der Waals surface area contributed by atoms with Crippen molar-refractivity contribution in [1.82, 2.24) is 19.5 Å². The van der Waals surface area contributed by atoms with Crippen LogP contribution < -0.4 is 41.5 Å². The van der Waals surface area contributed by atoms with Gasteiger partial charge < -0.3 is 0 Å². The van der Waals surface area contributed by atoms with Gasteiger partial charge in [0.05, 0.1) is 11.0 Å². The molecule has 354 valence electrons. The molecule has 0 bridgehead atoms. The Bertz CT molecular complexity index is 3890. The van der Waals surface area contributed by atoms with E-state index in [1.165, 1.54) is 52.6 Å². The van der Waals surface area contributed by atoms with Crippen LogP contribution in [0.25, 0.3) is 61.7 Å². The topological polar surface area (TPSA) is 43.6 Å². The summed E-state index contributed by atoms with van der Waals surface area (Å²) in [5, 5.41) is 12.7. The number of aromatic nitrogens is 4. The Kier molecular flexibility index (Phi) is 11.9. The van der Waals surface area contributed by atoms with Gasteiger partial charge in [-0.2, -0.15) is 9.97 Å². The largest absolute Gasteiger partial charge is 0.278 e. The molecule has 0 spiro atoms. The normalized spacial score (nSPS) is 11.7. The number of rotatable bonds is 12. The van der Waals surface area contributed by atoms with Gasteiger partial charge in [-0.1, -0.05) is 291 Å². The molecule has 2 aromatic heterocycles. The van der Waals surface area contributed by atoms with Crippen LogP contribution in [0.5, 0.6) is 0 Å². The van der Waals surface area contributed by atoms with E-state index in [1.54, 1.807) is 0 Å². The van der Waals surface area contributed by atoms with Crippen LogP contribution in [-0.2, 0) is 0 Å². The molecule has 0 atom stereocenters. The van der Waals surface area contributed by atoms with Gasteiger partial charge in [0.15, 0.2) is 27.8 Å². The van der Waals surface area contributed by atoms with Crippen LogP contribution >= 0.6 is 0 Å². The molecule has 0 radical (unpaired) electrons. The van der Waals surface area contributed by atoms with E-state index < -0.39 is 16.1 Å². The number of benzene rings is 11. The molecule has 0 amide bonds. The van der Waals surface area contributed by atoms with Crippen molar-refractivity contribution in [3.8, 4) is 39.9 Å². The minimum absolute atomic E-state index is 0.565. The van der Waals surface area contributed by atoms with Crippen molar-refractivity contribution in [2.45, 2.75) is 0 Å². The standard InChI is InChI=1S/C69H50N4Si2/c1-7-24-51(25-8-1)52-42-46-60(47-43-52)74(55-27-9-2-10-28-55,56-29-11-3-12-30-56)61-48-44-53(45-49-61)67-70-68(72-69(71-67)73-65-40-21-19-38-63(65)64-39-20-22-41-66(64)73)54-26-23-37-62(50-54)75(57-31-13-4-14-32-57,58-33-15-5-16-34-58)59-35-17-6-18-36-59/h1-50H. The van der Waals surface area contributed by atoms with Crippen LogP contribution in [0.4, 0.5) is 0 Å². The van der Waals surface area contributed by atoms with E-state index in [9.17, 15) is 0 Å². The lowest BCUT2D eigenvalue weighted by Crippen LogP contribution is -2.74. The van der Waals surface area contributed by atoms with Crippen molar-refractivity contribution in [3.63, 3.8) is 0 Å². The Morgan fingerprint density at radius 2 is 0.533 bits per heavy atom. The zero-order valence-corrected chi connectivity index (χ0v) is 43.2. The van der Waals surface area contributed by atoms with Gasteiger partial charge in [-0.15, -0.1) is 0 Å². The van der Waals surface area contributed by atoms with Gasteiger partial charge in [-0.25, -0.2) is 4.98 Å². The van der Waals surface area contributed by atoms with Gasteiger partial charge in [0.2, 0.25) is 5.95 Å². The van der Waals surface area contributed by atoms with Crippen LogP contribution in [0.1, 0.15) is 0 Å². The SMILES string of the molecule is c1ccc(-c2ccc([Si](c3ccccc3)(c3ccccc3)c3ccc(-c4nc(-c5cccc([Si](c6ccccc6)(c6ccccc6)c6ccccc6)c5)nc(-n5c6ccccc6c6ccccc65)n4)cc3)cc2)cc1. The van der Waals surface area contributed by atoms with Gasteiger partial charge in [0, 0.05) is 21.9 Å². The smallest absolute Gasteiger partial charge is 0.238 e. The van der Waals surface area contributed by atoms with E-state index >= 15 is 0 Å². The first-order valence-electron chi connectivity index (χ1n) is 25.6. The fourth-order valence-electron chi connectivity index (χ4n) is 11.6. The lowest BCUT2D eigenvalue weighted by atomic mass is 10.1. The van der Waals surface area contributed by atoms with Crippen molar-refractivity contribution in [1.29, 1.82) is 0 Å². The average molecular weight is 991 g/mol. The lowest BCUT2D eigenvalue weighted by Gasteiger charge is -2.34. The van der Waals surface area contributed by atoms with Crippen molar-refractivity contribution in [2.75, 3.05) is 0 Å². The van der Waals surface area contributed by atoms with Crippen LogP contribution in [0.15, 0.2) is 303 Å². The molecule has 0 aliphatic carbocycles. The molecular formula is C69H50N4Si2. The molecule has 11 aromatic carbocycles. The molecule has 0 saturated heterocycles. The summed E-state index contributed by atoms with van der Waals surface area (Å²) in [7, 11) is -5.77. The highest BCUT2D eigenvalue weighted by molar-refractivity contribution is 7.20. The molecule has 0 fully saturated rings. The summed E-state index contributed by atoms with van der Waals surface area (Å²) in [6, 6.07) is 110. The number of nitrogens with zero attached hydrogens (tertiary/aromatic N) is 4. The van der Waals surface area contributed by atoms with Gasteiger partial charge >= 0.3 is 0 Å². The first kappa shape index (κ1) is 45.5. The molecule has 6 heteroatoms. The third-order valence-corrected chi connectivity index (χ3v) is 24.6. The molecule has 0 N–H and O–H groups in total. The monoisotopic (exact) mass is 990 g/mol. The second-order valence-corrected chi connectivity index (χ2v) is 26.7. The Morgan fingerprint density at radius 3 is 0.973 bits per heavy atom. The Balaban J connectivity index is 1.02. The van der Waals surface area contributed by atoms with Crippen LogP contribution in [0.3, 0.4) is 0 Å². The predicted molar refractivity (Wildman–Crippen MR) is 318 cm³/mol. The fourth-order valence-corrected chi connectivity index (χ4v) is 21.1. The maximum atomic E-state index is 5.48. The quantitative estimate of drug-likeness (QED) is 0.0905. The van der Waals surface area contributed by atoms with E-state index in [4.69, 9.17) is 15.0 Å². The lowest BCUT2D eigenvalue weighted by molar-refractivity contribution is 0.953. The second-order valence-electron chi connectivity index (χ2n) is 19.1. The number of hydrogen-bond acceptors (Lipinski definition) is 3. The fraction of sp³-hybridized carbons (Fsp3) is 0. The zero-order valence-electron chi connectivity index (χ0n) is 41.2. The van der Waals surface area contributed by atoms with Crippen molar-refractivity contribution >= 4 is 79.4 Å². The summed E-state index contributed by atoms with van der Waals surface area (Å²) in [4.78, 5) is 16.4. The molecule has 0 saturated carbocycles. The minimum Gasteiger partial charge on any atom is -0.278 e. The summed E-state index contributed by atoms with van der Waals surface area (Å²) >= 11 is 0. The molecular weight excluding hydrogens is 941 g/mol. The minimum atomic E-state index is -2.89. The van der Waals surface area contributed by atoms with Gasteiger partial charge in [-0.3, -0.25) is 4.57 Å². The van der Waals surface area contributed by atoms with Gasteiger partial charge in [-0.05, 0) is 64.8 Å². The van der Waals surface area contributed by atoms with E-state index in [2.05, 4.69) is 308 Å². The van der Waals surface area contributed by atoms with E-state index in [-0.39, 0.29) is 0 Å². The summed E-state index contributed by atoms with van der Waals surface area (Å²) in [6.45, 7) is 0. The molecule has 2 heterocycles. The third kappa shape index (κ3) is 7.95. The van der Waals surface area contributed by atoms with Crippen molar-refractivity contribution < 1.29 is 0 Å². The third-order valence-electron chi connectivity index (χ3n) is 15.0. The number of fused-ring (bicyclic) bond motifs is 3. The van der Waals surface area contributed by atoms with Crippen molar-refractivity contribution in [3.05, 3.63) is 303 Å². The maximum absolute atomic E-state index is 5.48. The Hall–Kier alpha value is -9.34. The summed E-state index contributed by atoms with van der Waals surface area (Å²) in [5.74, 6) is 1.77. The summed E-state index contributed by atoms with van der Waals surface area (Å²) in [5.41, 5.74) is 6.30. The van der Waals surface area contributed by atoms with Gasteiger partial charge in [0.25, 0.3) is 0 Å². The maximum Gasteiger partial charge on any atom is 0.238 e. The molecule has 0 aliphatic rings. The second kappa shape index (κ2) is 19.6. The molecule has 0 unspecified atom stereocenters. The summed E-state index contributed by atoms with van der Waals surface area (Å²) in [6.07, 6.45) is 0. The van der Waals surface area contributed by atoms with Gasteiger partial charge in [0.1, 0.15) is 0 Å². The number of hydrogen-bond donors (Lipinski definition) is 0. The summed E-state index contributed by atoms with van der Waals surface area (Å²) < 4.78 is 2.20. The molecule has 0 aliphatic heterocycles. The van der Waals surface area contributed by atoms with Crippen molar-refractivity contribution in [2.24, 2.45) is 0 Å². The zero-order chi connectivity index (χ0) is 50.0.